The third-order valence-electron chi connectivity index (χ3n) is 3.73. The van der Waals surface area contributed by atoms with Gasteiger partial charge in [-0.1, -0.05) is 0 Å². The topological polar surface area (TPSA) is 52.2 Å². The highest BCUT2D eigenvalue weighted by atomic mass is 19.1. The van der Waals surface area contributed by atoms with Gasteiger partial charge >= 0.3 is 0 Å². The molecule has 2 heterocycles. The zero-order chi connectivity index (χ0) is 16.9. The van der Waals surface area contributed by atoms with Gasteiger partial charge in [0.2, 0.25) is 5.95 Å². The number of nitrogens with one attached hydrogen (secondary N) is 1. The van der Waals surface area contributed by atoms with E-state index in [9.17, 15) is 4.39 Å². The van der Waals surface area contributed by atoms with E-state index in [0.29, 0.717) is 19.7 Å². The van der Waals surface area contributed by atoms with Crippen molar-refractivity contribution < 1.29 is 13.5 Å². The molecular weight excluding hydrogens is 309 g/mol. The predicted octanol–water partition coefficient (Wildman–Crippen LogP) is 3.85. The van der Waals surface area contributed by atoms with Gasteiger partial charge < -0.3 is 19.0 Å². The highest BCUT2D eigenvalue weighted by molar-refractivity contribution is 5.61. The Labute approximate surface area is 140 Å². The summed E-state index contributed by atoms with van der Waals surface area (Å²) in [5.41, 5.74) is 1.81. The molecule has 0 saturated heterocycles. The number of furan rings is 1. The third kappa shape index (κ3) is 3.65. The molecule has 3 rings (SSSR count). The van der Waals surface area contributed by atoms with Crippen LogP contribution in [-0.2, 0) is 17.8 Å². The molecule has 0 radical (unpaired) electrons. The number of hydrogen-bond donors (Lipinski definition) is 1. The van der Waals surface area contributed by atoms with Gasteiger partial charge in [-0.2, -0.15) is 0 Å². The summed E-state index contributed by atoms with van der Waals surface area (Å²) < 4.78 is 25.9. The molecular formula is C18H20FN3O2. The van der Waals surface area contributed by atoms with Gasteiger partial charge in [0.25, 0.3) is 0 Å². The second-order valence-corrected chi connectivity index (χ2v) is 5.48. The standard InChI is InChI=1S/C18H20FN3O2/c1-13-3-8-16(24-13)11-20-18-21-12-17(22(18)9-10-23-2)14-4-6-15(19)7-5-14/h3-8,12H,9-11H2,1-2H3,(H,20,21). The first-order chi connectivity index (χ1) is 11.7. The zero-order valence-electron chi connectivity index (χ0n) is 13.8. The first-order valence-corrected chi connectivity index (χ1v) is 7.77. The fourth-order valence-corrected chi connectivity index (χ4v) is 2.52. The summed E-state index contributed by atoms with van der Waals surface area (Å²) >= 11 is 0. The molecule has 3 aromatic rings. The zero-order valence-corrected chi connectivity index (χ0v) is 13.8. The Morgan fingerprint density at radius 2 is 2.00 bits per heavy atom. The van der Waals surface area contributed by atoms with Crippen LogP contribution in [0, 0.1) is 12.7 Å². The van der Waals surface area contributed by atoms with Gasteiger partial charge in [-0.05, 0) is 43.3 Å². The van der Waals surface area contributed by atoms with Gasteiger partial charge in [-0.25, -0.2) is 9.37 Å². The number of hydrogen-bond acceptors (Lipinski definition) is 4. The maximum atomic E-state index is 13.2. The minimum atomic E-state index is -0.256. The monoisotopic (exact) mass is 329 g/mol. The molecule has 0 atom stereocenters. The molecule has 6 heteroatoms. The Hall–Kier alpha value is -2.60. The molecule has 0 aliphatic heterocycles. The van der Waals surface area contributed by atoms with Crippen molar-refractivity contribution in [3.8, 4) is 11.3 Å². The van der Waals surface area contributed by atoms with Gasteiger partial charge in [-0.15, -0.1) is 0 Å². The van der Waals surface area contributed by atoms with Crippen molar-refractivity contribution in [1.82, 2.24) is 9.55 Å². The van der Waals surface area contributed by atoms with Crippen LogP contribution in [0.2, 0.25) is 0 Å². The van der Waals surface area contributed by atoms with Crippen LogP contribution in [0.5, 0.6) is 0 Å². The summed E-state index contributed by atoms with van der Waals surface area (Å²) in [5.74, 6) is 2.19. The number of methoxy groups -OCH3 is 1. The molecule has 1 aromatic carbocycles. The van der Waals surface area contributed by atoms with Crippen molar-refractivity contribution in [3.05, 3.63) is 59.9 Å². The number of halogens is 1. The molecule has 0 fully saturated rings. The Bertz CT molecular complexity index is 793. The van der Waals surface area contributed by atoms with E-state index in [1.807, 2.05) is 23.6 Å². The van der Waals surface area contributed by atoms with Gasteiger partial charge in [0.1, 0.15) is 17.3 Å². The van der Waals surface area contributed by atoms with Crippen molar-refractivity contribution >= 4 is 5.95 Å². The van der Waals surface area contributed by atoms with Crippen molar-refractivity contribution in [1.29, 1.82) is 0 Å². The predicted molar refractivity (Wildman–Crippen MR) is 90.3 cm³/mol. The van der Waals surface area contributed by atoms with Crippen molar-refractivity contribution in [3.63, 3.8) is 0 Å². The lowest BCUT2D eigenvalue weighted by atomic mass is 10.1. The minimum Gasteiger partial charge on any atom is -0.465 e. The number of rotatable bonds is 7. The van der Waals surface area contributed by atoms with Crippen LogP contribution in [0.4, 0.5) is 10.3 Å². The van der Waals surface area contributed by atoms with E-state index in [1.54, 1.807) is 25.4 Å². The largest absolute Gasteiger partial charge is 0.465 e. The SMILES string of the molecule is COCCn1c(-c2ccc(F)cc2)cnc1NCc1ccc(C)o1. The molecule has 2 aromatic heterocycles. The van der Waals surface area contributed by atoms with E-state index in [4.69, 9.17) is 9.15 Å². The Morgan fingerprint density at radius 1 is 1.21 bits per heavy atom. The maximum Gasteiger partial charge on any atom is 0.203 e. The summed E-state index contributed by atoms with van der Waals surface area (Å²) in [6.07, 6.45) is 1.78. The molecule has 0 amide bonds. The number of aromatic nitrogens is 2. The van der Waals surface area contributed by atoms with Crippen LogP contribution < -0.4 is 5.32 Å². The second-order valence-electron chi connectivity index (χ2n) is 5.48. The summed E-state index contributed by atoms with van der Waals surface area (Å²) in [5, 5.41) is 3.28. The average molecular weight is 329 g/mol. The third-order valence-corrected chi connectivity index (χ3v) is 3.73. The number of aryl methyl sites for hydroxylation is 1. The summed E-state index contributed by atoms with van der Waals surface area (Å²) in [7, 11) is 1.66. The van der Waals surface area contributed by atoms with E-state index >= 15 is 0 Å². The first-order valence-electron chi connectivity index (χ1n) is 7.77. The van der Waals surface area contributed by atoms with E-state index in [-0.39, 0.29) is 5.82 Å². The molecule has 24 heavy (non-hydrogen) atoms. The van der Waals surface area contributed by atoms with Crippen molar-refractivity contribution in [2.24, 2.45) is 0 Å². The molecule has 0 unspecified atom stereocenters. The highest BCUT2D eigenvalue weighted by Gasteiger charge is 2.12. The maximum absolute atomic E-state index is 13.2. The lowest BCUT2D eigenvalue weighted by molar-refractivity contribution is 0.188. The van der Waals surface area contributed by atoms with E-state index in [2.05, 4.69) is 10.3 Å². The van der Waals surface area contributed by atoms with Crippen molar-refractivity contribution in [2.75, 3.05) is 19.0 Å². The normalized spacial score (nSPS) is 11.0. The van der Waals surface area contributed by atoms with Crippen LogP contribution in [-0.4, -0.2) is 23.3 Å². The number of anilines is 1. The molecule has 0 saturated carbocycles. The van der Waals surface area contributed by atoms with Crippen LogP contribution in [0.1, 0.15) is 11.5 Å². The van der Waals surface area contributed by atoms with Gasteiger partial charge in [0.15, 0.2) is 0 Å². The number of imidazole rings is 1. The second kappa shape index (κ2) is 7.31. The number of ether oxygens (including phenoxy) is 1. The quantitative estimate of drug-likeness (QED) is 0.715. The molecule has 1 N–H and O–H groups in total. The highest BCUT2D eigenvalue weighted by Crippen LogP contribution is 2.24. The van der Waals surface area contributed by atoms with Gasteiger partial charge in [0, 0.05) is 19.2 Å². The van der Waals surface area contributed by atoms with E-state index < -0.39 is 0 Å². The molecule has 5 nitrogen and oxygen atoms in total. The fourth-order valence-electron chi connectivity index (χ4n) is 2.52. The summed E-state index contributed by atoms with van der Waals surface area (Å²) in [6.45, 7) is 3.65. The molecule has 0 spiro atoms. The lowest BCUT2D eigenvalue weighted by Gasteiger charge is -2.12. The fraction of sp³-hybridized carbons (Fsp3) is 0.278. The van der Waals surface area contributed by atoms with Crippen LogP contribution in [0.25, 0.3) is 11.3 Å². The molecule has 0 aliphatic carbocycles. The van der Waals surface area contributed by atoms with E-state index in [0.717, 1.165) is 28.7 Å². The Balaban J connectivity index is 1.84. The Kier molecular flexibility index (Phi) is 4.96. The number of nitrogens with zero attached hydrogens (tertiary/aromatic N) is 2. The van der Waals surface area contributed by atoms with Gasteiger partial charge in [0.05, 0.1) is 25.0 Å². The Morgan fingerprint density at radius 3 is 2.67 bits per heavy atom. The minimum absolute atomic E-state index is 0.256. The van der Waals surface area contributed by atoms with Crippen molar-refractivity contribution in [2.45, 2.75) is 20.0 Å². The average Bonchev–Trinajstić information content (AvgIpc) is 3.17. The molecule has 0 aliphatic rings. The first kappa shape index (κ1) is 16.3. The smallest absolute Gasteiger partial charge is 0.203 e. The van der Waals surface area contributed by atoms with E-state index in [1.165, 1.54) is 12.1 Å². The van der Waals surface area contributed by atoms with Crippen LogP contribution in [0.15, 0.2) is 47.0 Å². The summed E-state index contributed by atoms with van der Waals surface area (Å²) in [4.78, 5) is 4.45. The molecule has 0 bridgehead atoms. The lowest BCUT2D eigenvalue weighted by Crippen LogP contribution is -2.11. The van der Waals surface area contributed by atoms with Crippen LogP contribution >= 0.6 is 0 Å². The summed E-state index contributed by atoms with van der Waals surface area (Å²) in [6, 6.07) is 10.2. The van der Waals surface area contributed by atoms with Crippen LogP contribution in [0.3, 0.4) is 0 Å². The molecule has 126 valence electrons. The van der Waals surface area contributed by atoms with Gasteiger partial charge in [-0.3, -0.25) is 0 Å². The number of benzene rings is 1.